The second kappa shape index (κ2) is 37.3. The predicted octanol–water partition coefficient (Wildman–Crippen LogP) is 40.9. The first-order valence-corrected chi connectivity index (χ1v) is 55.3. The lowest BCUT2D eigenvalue weighted by Gasteiger charge is -2.26. The highest BCUT2D eigenvalue weighted by Gasteiger charge is 2.48. The molecule has 0 atom stereocenters. The average Bonchev–Trinajstić information content (AvgIpc) is 1.28. The topological polar surface area (TPSA) is 0 Å². The zero-order valence-corrected chi connectivity index (χ0v) is 103. The van der Waals surface area contributed by atoms with Crippen LogP contribution >= 0.6 is 0 Å². The van der Waals surface area contributed by atoms with E-state index in [1.807, 2.05) is 0 Å². The van der Waals surface area contributed by atoms with Crippen molar-refractivity contribution in [2.75, 3.05) is 0 Å². The molecule has 0 unspecified atom stereocenters. The Labute approximate surface area is 893 Å². The second-order valence-electron chi connectivity index (χ2n) is 51.6. The number of aryl methyl sites for hydroxylation is 21. The number of rotatable bonds is 0. The van der Waals surface area contributed by atoms with E-state index in [-0.39, 0.29) is 37.9 Å². The first-order valence-electron chi connectivity index (χ1n) is 55.3. The van der Waals surface area contributed by atoms with Gasteiger partial charge in [-0.25, -0.2) is 0 Å². The molecule has 0 heteroatoms. The lowest BCUT2D eigenvalue weighted by molar-refractivity contribution is 0.649. The van der Waals surface area contributed by atoms with E-state index in [9.17, 15) is 0 Å². The monoisotopic (exact) mass is 1950 g/mol. The molecule has 0 fully saturated rings. The van der Waals surface area contributed by atoms with Crippen LogP contribution in [-0.4, -0.2) is 0 Å². The summed E-state index contributed by atoms with van der Waals surface area (Å²) in [7, 11) is 0. The summed E-state index contributed by atoms with van der Waals surface area (Å²) >= 11 is 0. The third kappa shape index (κ3) is 16.5. The summed E-state index contributed by atoms with van der Waals surface area (Å²) in [5.74, 6) is 0. The summed E-state index contributed by atoms with van der Waals surface area (Å²) in [4.78, 5) is 0. The van der Waals surface area contributed by atoms with Gasteiger partial charge in [-0.15, -0.1) is 0 Å². The van der Waals surface area contributed by atoms with Gasteiger partial charge in [0.15, 0.2) is 0 Å². The highest BCUT2D eigenvalue weighted by atomic mass is 14.5. The molecule has 0 amide bonds. The first-order chi connectivity index (χ1) is 67.7. The van der Waals surface area contributed by atoms with E-state index in [0.29, 0.717) is 0 Å². The molecule has 0 saturated carbocycles. The quantitative estimate of drug-likeness (QED) is 0.142. The van der Waals surface area contributed by atoms with Gasteiger partial charge in [-0.05, 0) is 680 Å². The van der Waals surface area contributed by atoms with Crippen LogP contribution < -0.4 is 0 Å². The van der Waals surface area contributed by atoms with E-state index in [4.69, 9.17) is 0 Å². The van der Waals surface area contributed by atoms with Gasteiger partial charge in [0.25, 0.3) is 0 Å². The third-order valence-corrected chi connectivity index (χ3v) is 40.2. The van der Waals surface area contributed by atoms with Gasteiger partial charge >= 0.3 is 0 Å². The molecule has 0 spiro atoms. The molecule has 0 saturated heterocycles. The molecule has 7 aliphatic rings. The van der Waals surface area contributed by atoms with Crippen molar-refractivity contribution in [1.29, 1.82) is 0 Å². The highest BCUT2D eigenvalue weighted by molar-refractivity contribution is 5.95. The van der Waals surface area contributed by atoms with E-state index < -0.39 is 0 Å². The van der Waals surface area contributed by atoms with Crippen molar-refractivity contribution in [2.45, 2.75) is 426 Å². The first kappa shape index (κ1) is 110. The molecule has 0 heterocycles. The largest absolute Gasteiger partial charge is 0.0558 e. The number of benzene rings is 14. The van der Waals surface area contributed by atoms with Crippen LogP contribution in [0.5, 0.6) is 0 Å². The van der Waals surface area contributed by atoms with Crippen LogP contribution in [0.4, 0.5) is 0 Å². The van der Waals surface area contributed by atoms with Gasteiger partial charge in [-0.1, -0.05) is 182 Å². The molecule has 0 nitrogen and oxygen atoms in total. The normalized spacial score (nSPS) is 15.0. The molecule has 770 valence electrons. The Balaban J connectivity index is 0.000000129. The maximum Gasteiger partial charge on any atom is 0.0164 e. The molecule has 0 aliphatic heterocycles. The molecule has 0 aromatic heterocycles. The number of hydrogen-bond acceptors (Lipinski definition) is 0. The summed E-state index contributed by atoms with van der Waals surface area (Å²) in [6, 6.07) is 33.4. The van der Waals surface area contributed by atoms with Crippen LogP contribution in [-0.2, 0) is 37.9 Å². The Kier molecular flexibility index (Phi) is 28.0. The molecule has 7 aliphatic carbocycles. The van der Waals surface area contributed by atoms with E-state index in [1.165, 1.54) is 378 Å². The van der Waals surface area contributed by atoms with Crippen molar-refractivity contribution in [3.8, 4) is 77.9 Å². The Hall–Kier alpha value is -10.9. The molecule has 14 aromatic rings. The maximum atomic E-state index is 2.42. The lowest BCUT2D eigenvalue weighted by Crippen LogP contribution is -2.18. The fourth-order valence-corrected chi connectivity index (χ4v) is 30.0. The van der Waals surface area contributed by atoms with Crippen molar-refractivity contribution in [1.82, 2.24) is 0 Å². The Morgan fingerprint density at radius 1 is 0.0952 bits per heavy atom. The van der Waals surface area contributed by atoms with E-state index in [0.717, 1.165) is 0 Å². The summed E-state index contributed by atoms with van der Waals surface area (Å²) in [5.41, 5.74) is 103. The van der Waals surface area contributed by atoms with E-state index in [2.05, 4.69) is 473 Å². The Morgan fingerprint density at radius 3 is 0.578 bits per heavy atom. The Bertz CT molecular complexity index is 7880. The number of fused-ring (bicyclic) bond motifs is 21. The summed E-state index contributed by atoms with van der Waals surface area (Å²) < 4.78 is 0. The molecular formula is C147H182. The molecule has 147 heavy (non-hydrogen) atoms. The fourth-order valence-electron chi connectivity index (χ4n) is 30.0. The number of hydrogen-bond donors (Lipinski definition) is 0. The summed E-state index contributed by atoms with van der Waals surface area (Å²) in [5, 5.41) is 0. The van der Waals surface area contributed by atoms with Gasteiger partial charge < -0.3 is 0 Å². The summed E-state index contributed by atoms with van der Waals surface area (Å²) in [6.07, 6.45) is 0. The molecule has 21 rings (SSSR count). The minimum atomic E-state index is 0.105. The van der Waals surface area contributed by atoms with Gasteiger partial charge in [0.1, 0.15) is 0 Å². The van der Waals surface area contributed by atoms with Crippen molar-refractivity contribution >= 4 is 0 Å². The zero-order valence-electron chi connectivity index (χ0n) is 103. The molecular weight excluding hydrogens is 1770 g/mol. The van der Waals surface area contributed by atoms with Crippen LogP contribution in [0.25, 0.3) is 77.9 Å². The van der Waals surface area contributed by atoms with Crippen LogP contribution in [0.2, 0.25) is 0 Å². The highest BCUT2D eigenvalue weighted by Crippen LogP contribution is 2.63. The van der Waals surface area contributed by atoms with Gasteiger partial charge in [0.05, 0.1) is 0 Å². The smallest absolute Gasteiger partial charge is 0.0164 e. The van der Waals surface area contributed by atoms with Crippen molar-refractivity contribution in [3.63, 3.8) is 0 Å². The van der Waals surface area contributed by atoms with Crippen molar-refractivity contribution in [2.24, 2.45) is 0 Å². The van der Waals surface area contributed by atoms with Gasteiger partial charge in [0, 0.05) is 37.9 Å². The standard InChI is InChI=1S/7C21H26/c1-11-10-14(4)19-18(15(11)5)17-13(3)9-12(2)16(6)20(17)21(19,7)8;1-11-9-17-19-15(5)13(3)12(2)10-18(19)21(7,8)20(17)16(6)14(11)4;1-11-9-17-19(15(5)13(11)3)20-16(6)14(4)12(2)10-18(20)21(17,7)8;1-11-9-13(3)20-19(15(11)5)18-16(6)14(4)12(2)10-17(18)21(20,7)8;1-11-9-13(3)19-18(15(11)5)17-10-12(2)14(4)16(6)20(17)21(19,7)8;1-11-9-13(3)18-19-16(6)14(4)12(2)10-17(19)21(7,8)20(18)15(11)5;1-11-9-13(3)19-17(15(11)5)18-16(6)12(2)10-14(4)20(18)21(19,7)8/h7*9-10H,1-8H3. The van der Waals surface area contributed by atoms with Gasteiger partial charge in [-0.2, -0.15) is 0 Å². The van der Waals surface area contributed by atoms with Crippen molar-refractivity contribution < 1.29 is 0 Å². The minimum absolute atomic E-state index is 0.105. The van der Waals surface area contributed by atoms with E-state index >= 15 is 0 Å². The third-order valence-electron chi connectivity index (χ3n) is 40.2. The fraction of sp³-hybridized carbons (Fsp3) is 0.429. The molecule has 14 aromatic carbocycles. The minimum Gasteiger partial charge on any atom is -0.0558 e. The van der Waals surface area contributed by atoms with Crippen LogP contribution in [0.15, 0.2) is 84.9 Å². The van der Waals surface area contributed by atoms with Gasteiger partial charge in [-0.3, -0.25) is 0 Å². The summed E-state index contributed by atoms with van der Waals surface area (Å²) in [6.45, 7) is 129. The SMILES string of the molecule is Cc1cc(C)c2c(c1C)-c1c(C)c(C)cc(C)c1C2(C)C.Cc1cc(C)c2c(c1C)-c1c(C)cc(C)c(C)c1C2(C)C.Cc1cc2c(c(C)c1C)-c1c(C)c(C)cc(C)c1C2(C)C.Cc1cc2c(c(C)c1C)-c1c(C)cc(C)c(C)c1C2(C)C.Cc1cc2c(c(C)c1C)-c1c(cc(C)c(C)c1C)C2(C)C.Cc1cc2c(c(C)c1C)-c1cc(C)c(C)c(C)c1C2(C)C.Cc1cc2c(c(C)c1C)C(C)(C)c1c(C)cc(C)c(C)c1-2. The lowest BCUT2D eigenvalue weighted by atomic mass is 9.77. The Morgan fingerprint density at radius 2 is 0.259 bits per heavy atom. The maximum absolute atomic E-state index is 2.42. The second-order valence-corrected chi connectivity index (χ2v) is 51.6. The van der Waals surface area contributed by atoms with Gasteiger partial charge in [0.2, 0.25) is 0 Å². The molecule has 0 N–H and O–H groups in total. The zero-order chi connectivity index (χ0) is 110. The average molecular weight is 1950 g/mol. The predicted molar refractivity (Wildman–Crippen MR) is 647 cm³/mol. The van der Waals surface area contributed by atoms with E-state index in [1.54, 1.807) is 11.1 Å². The van der Waals surface area contributed by atoms with Crippen LogP contribution in [0.3, 0.4) is 0 Å². The van der Waals surface area contributed by atoms with Crippen LogP contribution in [0, 0.1) is 291 Å². The van der Waals surface area contributed by atoms with Crippen molar-refractivity contribution in [3.05, 3.63) is 396 Å². The molecule has 0 bridgehead atoms. The molecule has 0 radical (unpaired) electrons. The van der Waals surface area contributed by atoms with Crippen LogP contribution in [0.1, 0.15) is 408 Å².